The van der Waals surface area contributed by atoms with Crippen LogP contribution in [0.15, 0.2) is 54.6 Å². The van der Waals surface area contributed by atoms with Gasteiger partial charge in [-0.3, -0.25) is 9.59 Å². The molecule has 0 aromatic heterocycles. The average molecular weight is 514 g/mol. The van der Waals surface area contributed by atoms with Gasteiger partial charge in [0.15, 0.2) is 11.5 Å². The van der Waals surface area contributed by atoms with Crippen molar-refractivity contribution in [2.45, 2.75) is 11.8 Å². The molecule has 2 amide bonds. The molecule has 3 aromatic carbocycles. The van der Waals surface area contributed by atoms with Crippen molar-refractivity contribution in [3.8, 4) is 23.0 Å². The van der Waals surface area contributed by atoms with Gasteiger partial charge in [0, 0.05) is 43.0 Å². The molecule has 0 aliphatic carbocycles. The van der Waals surface area contributed by atoms with Crippen LogP contribution in [0.1, 0.15) is 27.9 Å². The van der Waals surface area contributed by atoms with Crippen LogP contribution < -0.4 is 34.1 Å². The fraction of sp³-hybridized carbons (Fsp3) is 0.310. The monoisotopic (exact) mass is 513 g/mol. The minimum atomic E-state index is -0.924. The number of nitrogens with one attached hydrogen (secondary N) is 1. The van der Waals surface area contributed by atoms with Gasteiger partial charge >= 0.3 is 0 Å². The van der Waals surface area contributed by atoms with Crippen molar-refractivity contribution in [2.75, 3.05) is 56.5 Å². The number of hydrogen-bond acceptors (Lipinski definition) is 7. The minimum Gasteiger partial charge on any atom is -0.491 e. The van der Waals surface area contributed by atoms with Crippen LogP contribution >= 0.6 is 0 Å². The molecule has 0 saturated carbocycles. The van der Waals surface area contributed by atoms with Crippen molar-refractivity contribution in [2.24, 2.45) is 0 Å². The summed E-state index contributed by atoms with van der Waals surface area (Å²) in [5.41, 5.74) is 3.20. The Morgan fingerprint density at radius 1 is 0.921 bits per heavy atom. The number of likely N-dealkylation sites (N-methyl/N-ethyl adjacent to an activating group) is 1. The normalized spacial score (nSPS) is 20.1. The molecule has 7 rings (SSSR count). The van der Waals surface area contributed by atoms with Gasteiger partial charge in [0.25, 0.3) is 5.91 Å². The zero-order chi connectivity index (χ0) is 25.9. The second-order valence-electron chi connectivity index (χ2n) is 9.93. The summed E-state index contributed by atoms with van der Waals surface area (Å²) < 4.78 is 22.9. The van der Waals surface area contributed by atoms with Crippen molar-refractivity contribution in [3.63, 3.8) is 0 Å². The Balaban J connectivity index is 1.07. The molecule has 1 unspecified atom stereocenters. The van der Waals surface area contributed by atoms with Crippen LogP contribution in [-0.4, -0.2) is 58.5 Å². The summed E-state index contributed by atoms with van der Waals surface area (Å²) >= 11 is 0. The maximum absolute atomic E-state index is 14.0. The van der Waals surface area contributed by atoms with E-state index in [4.69, 9.17) is 18.9 Å². The van der Waals surface area contributed by atoms with E-state index in [9.17, 15) is 9.59 Å². The molecule has 9 nitrogen and oxygen atoms in total. The number of fused-ring (bicyclic) bond motifs is 6. The van der Waals surface area contributed by atoms with Crippen LogP contribution in [0, 0.1) is 0 Å². The summed E-state index contributed by atoms with van der Waals surface area (Å²) in [4.78, 5) is 30.8. The number of ether oxygens (including phenoxy) is 4. The van der Waals surface area contributed by atoms with Crippen LogP contribution in [0.4, 0.5) is 11.4 Å². The zero-order valence-corrected chi connectivity index (χ0v) is 21.0. The SMILES string of the molecule is CN1CCOc2cc(C(=O)NCCCN3C(=O)C4(COc5cc6c(cc54)OCO6)c4ccccc43)ccc21. The zero-order valence-electron chi connectivity index (χ0n) is 21.0. The van der Waals surface area contributed by atoms with E-state index in [2.05, 4.69) is 10.2 Å². The number of hydrogen-bond donors (Lipinski definition) is 1. The molecule has 38 heavy (non-hydrogen) atoms. The van der Waals surface area contributed by atoms with E-state index in [1.165, 1.54) is 0 Å². The maximum atomic E-state index is 14.0. The van der Waals surface area contributed by atoms with Gasteiger partial charge in [-0.25, -0.2) is 0 Å². The van der Waals surface area contributed by atoms with Gasteiger partial charge in [-0.2, -0.15) is 0 Å². The molecule has 0 fully saturated rings. The van der Waals surface area contributed by atoms with E-state index in [0.717, 1.165) is 34.8 Å². The third-order valence-electron chi connectivity index (χ3n) is 7.81. The first kappa shape index (κ1) is 22.8. The molecular weight excluding hydrogens is 486 g/mol. The molecule has 1 N–H and O–H groups in total. The summed E-state index contributed by atoms with van der Waals surface area (Å²) in [5, 5.41) is 2.98. The van der Waals surface area contributed by atoms with Crippen molar-refractivity contribution < 1.29 is 28.5 Å². The second kappa shape index (κ2) is 8.58. The lowest BCUT2D eigenvalue weighted by Gasteiger charge is -2.27. The van der Waals surface area contributed by atoms with Crippen molar-refractivity contribution in [1.29, 1.82) is 0 Å². The highest BCUT2D eigenvalue weighted by molar-refractivity contribution is 6.11. The lowest BCUT2D eigenvalue weighted by Crippen LogP contribution is -2.43. The summed E-state index contributed by atoms with van der Waals surface area (Å²) in [7, 11) is 2.01. The Morgan fingerprint density at radius 2 is 1.76 bits per heavy atom. The number of nitrogens with zero attached hydrogens (tertiary/aromatic N) is 2. The van der Waals surface area contributed by atoms with Gasteiger partial charge in [-0.05, 0) is 42.3 Å². The third-order valence-corrected chi connectivity index (χ3v) is 7.81. The highest BCUT2D eigenvalue weighted by atomic mass is 16.7. The highest BCUT2D eigenvalue weighted by Crippen LogP contribution is 2.55. The van der Waals surface area contributed by atoms with Gasteiger partial charge in [-0.1, -0.05) is 18.2 Å². The number of para-hydroxylation sites is 1. The first-order valence-electron chi connectivity index (χ1n) is 12.8. The smallest absolute Gasteiger partial charge is 0.251 e. The van der Waals surface area contributed by atoms with E-state index >= 15 is 0 Å². The lowest BCUT2D eigenvalue weighted by atomic mass is 9.77. The summed E-state index contributed by atoms with van der Waals surface area (Å²) in [6.07, 6.45) is 0.598. The van der Waals surface area contributed by atoms with Gasteiger partial charge in [0.2, 0.25) is 12.7 Å². The molecule has 1 atom stereocenters. The van der Waals surface area contributed by atoms with Crippen LogP contribution in [0.5, 0.6) is 23.0 Å². The molecule has 9 heteroatoms. The number of anilines is 2. The number of carbonyl (C=O) groups is 2. The van der Waals surface area contributed by atoms with Gasteiger partial charge in [-0.15, -0.1) is 0 Å². The van der Waals surface area contributed by atoms with Crippen LogP contribution in [-0.2, 0) is 10.2 Å². The van der Waals surface area contributed by atoms with Crippen LogP contribution in [0.3, 0.4) is 0 Å². The van der Waals surface area contributed by atoms with E-state index in [1.807, 2.05) is 60.5 Å². The fourth-order valence-corrected chi connectivity index (χ4v) is 5.83. The molecule has 4 aliphatic rings. The summed E-state index contributed by atoms with van der Waals surface area (Å²) in [6.45, 7) is 2.70. The van der Waals surface area contributed by atoms with E-state index in [1.54, 1.807) is 6.07 Å². The molecule has 0 radical (unpaired) electrons. The van der Waals surface area contributed by atoms with E-state index in [-0.39, 0.29) is 25.2 Å². The van der Waals surface area contributed by atoms with Crippen molar-refractivity contribution >= 4 is 23.2 Å². The van der Waals surface area contributed by atoms with Crippen molar-refractivity contribution in [1.82, 2.24) is 5.32 Å². The summed E-state index contributed by atoms with van der Waals surface area (Å²) in [6, 6.07) is 17.0. The van der Waals surface area contributed by atoms with E-state index in [0.29, 0.717) is 48.9 Å². The first-order chi connectivity index (χ1) is 18.6. The molecule has 1 spiro atoms. The van der Waals surface area contributed by atoms with Crippen LogP contribution in [0.2, 0.25) is 0 Å². The van der Waals surface area contributed by atoms with Gasteiger partial charge in [0.05, 0.1) is 12.2 Å². The molecular formula is C29H27N3O6. The number of amides is 2. The number of carbonyl (C=O) groups excluding carboxylic acids is 2. The molecule has 3 aromatic rings. The lowest BCUT2D eigenvalue weighted by molar-refractivity contribution is -0.122. The Labute approximate surface area is 219 Å². The Kier molecular flexibility index (Phi) is 5.14. The topological polar surface area (TPSA) is 89.6 Å². The number of rotatable bonds is 5. The highest BCUT2D eigenvalue weighted by Gasteiger charge is 2.57. The number of benzene rings is 3. The standard InChI is InChI=1S/C29H27N3O6/c1-31-11-12-35-24-13-18(7-8-22(24)31)27(33)30-9-4-10-32-21-6-3-2-5-19(21)29(28(32)34)16-36-23-15-26-25(14-20(23)29)37-17-38-26/h2-3,5-8,13-15H,4,9-12,16-17H2,1H3,(H,30,33). The third kappa shape index (κ3) is 3.31. The quantitative estimate of drug-likeness (QED) is 0.525. The first-order valence-corrected chi connectivity index (χ1v) is 12.8. The Hall–Kier alpha value is -4.40. The van der Waals surface area contributed by atoms with Crippen molar-refractivity contribution in [3.05, 3.63) is 71.3 Å². The summed E-state index contributed by atoms with van der Waals surface area (Å²) in [5.74, 6) is 2.43. The molecule has 4 aliphatic heterocycles. The van der Waals surface area contributed by atoms with Crippen LogP contribution in [0.25, 0.3) is 0 Å². The Bertz CT molecular complexity index is 1470. The largest absolute Gasteiger partial charge is 0.491 e. The molecule has 0 saturated heterocycles. The predicted octanol–water partition coefficient (Wildman–Crippen LogP) is 3.09. The van der Waals surface area contributed by atoms with Gasteiger partial charge in [0.1, 0.15) is 30.1 Å². The molecule has 4 heterocycles. The second-order valence-corrected chi connectivity index (χ2v) is 9.93. The van der Waals surface area contributed by atoms with E-state index < -0.39 is 5.41 Å². The average Bonchev–Trinajstić information content (AvgIpc) is 3.61. The Morgan fingerprint density at radius 3 is 2.66 bits per heavy atom. The predicted molar refractivity (Wildman–Crippen MR) is 140 cm³/mol. The minimum absolute atomic E-state index is 0.0291. The van der Waals surface area contributed by atoms with Gasteiger partial charge < -0.3 is 34.1 Å². The maximum Gasteiger partial charge on any atom is 0.251 e. The molecule has 194 valence electrons. The fourth-order valence-electron chi connectivity index (χ4n) is 5.83. The molecule has 0 bridgehead atoms.